The van der Waals surface area contributed by atoms with Gasteiger partial charge in [-0.2, -0.15) is 0 Å². The van der Waals surface area contributed by atoms with Gasteiger partial charge in [-0.05, 0) is 61.2 Å². The third-order valence-corrected chi connectivity index (χ3v) is 3.38. The summed E-state index contributed by atoms with van der Waals surface area (Å²) in [6, 6.07) is 14.6. The van der Waals surface area contributed by atoms with Gasteiger partial charge in [0, 0.05) is 0 Å². The summed E-state index contributed by atoms with van der Waals surface area (Å²) in [6.45, 7) is 4.91. The van der Waals surface area contributed by atoms with E-state index in [1.165, 1.54) is 17.5 Å². The van der Waals surface area contributed by atoms with Crippen LogP contribution in [0.3, 0.4) is 0 Å². The second-order valence-corrected chi connectivity index (χ2v) is 5.13. The molecule has 0 aliphatic rings. The van der Waals surface area contributed by atoms with Crippen molar-refractivity contribution >= 4 is 0 Å². The van der Waals surface area contributed by atoms with Gasteiger partial charge in [-0.1, -0.05) is 37.6 Å². The van der Waals surface area contributed by atoms with Crippen LogP contribution >= 0.6 is 0 Å². The maximum absolute atomic E-state index is 5.99. The number of benzene rings is 2. The summed E-state index contributed by atoms with van der Waals surface area (Å²) in [5.41, 5.74) is 9.32. The lowest BCUT2D eigenvalue weighted by molar-refractivity contribution is 0.478. The fourth-order valence-corrected chi connectivity index (χ4v) is 2.22. The van der Waals surface area contributed by atoms with Crippen molar-refractivity contribution in [3.63, 3.8) is 0 Å². The molecular weight excluding hydrogens is 246 g/mol. The monoisotopic (exact) mass is 269 g/mol. The fourth-order valence-electron chi connectivity index (χ4n) is 2.22. The predicted molar refractivity (Wildman–Crippen MR) is 84.4 cm³/mol. The summed E-state index contributed by atoms with van der Waals surface area (Å²) in [5.74, 6) is 1.80. The highest BCUT2D eigenvalue weighted by Crippen LogP contribution is 2.26. The molecule has 0 heterocycles. The third kappa shape index (κ3) is 3.84. The standard InChI is InChI=1S/C18H23NO/c1-3-4-15-7-9-17(10-8-15)20-18-13-16(11-12-19)6-5-14(18)2/h5-10,13H,3-4,11-12,19H2,1-2H3. The van der Waals surface area contributed by atoms with Gasteiger partial charge in [0.1, 0.15) is 11.5 Å². The van der Waals surface area contributed by atoms with Gasteiger partial charge in [0.05, 0.1) is 0 Å². The van der Waals surface area contributed by atoms with E-state index in [1.54, 1.807) is 0 Å². The number of hydrogen-bond acceptors (Lipinski definition) is 2. The molecule has 2 aromatic carbocycles. The van der Waals surface area contributed by atoms with Crippen LogP contribution in [0, 0.1) is 6.92 Å². The van der Waals surface area contributed by atoms with Gasteiger partial charge in [-0.25, -0.2) is 0 Å². The minimum atomic E-state index is 0.661. The Morgan fingerprint density at radius 2 is 1.65 bits per heavy atom. The molecule has 0 saturated carbocycles. The van der Waals surface area contributed by atoms with Crippen molar-refractivity contribution in [3.8, 4) is 11.5 Å². The molecule has 2 N–H and O–H groups in total. The Hall–Kier alpha value is -1.80. The van der Waals surface area contributed by atoms with Crippen molar-refractivity contribution in [2.75, 3.05) is 6.54 Å². The summed E-state index contributed by atoms with van der Waals surface area (Å²) in [4.78, 5) is 0. The lowest BCUT2D eigenvalue weighted by Gasteiger charge is -2.11. The molecule has 0 bridgehead atoms. The molecule has 0 aliphatic carbocycles. The number of aryl methyl sites for hydroxylation is 2. The molecule has 0 unspecified atom stereocenters. The van der Waals surface area contributed by atoms with Crippen LogP contribution in [-0.2, 0) is 12.8 Å². The van der Waals surface area contributed by atoms with Gasteiger partial charge in [0.15, 0.2) is 0 Å². The van der Waals surface area contributed by atoms with Crippen LogP contribution in [0.25, 0.3) is 0 Å². The van der Waals surface area contributed by atoms with Crippen LogP contribution in [0.4, 0.5) is 0 Å². The van der Waals surface area contributed by atoms with Crippen molar-refractivity contribution < 1.29 is 4.74 Å². The number of hydrogen-bond donors (Lipinski definition) is 1. The van der Waals surface area contributed by atoms with Gasteiger partial charge in [0.25, 0.3) is 0 Å². The molecule has 0 radical (unpaired) electrons. The van der Waals surface area contributed by atoms with Crippen LogP contribution in [0.15, 0.2) is 42.5 Å². The summed E-state index contributed by atoms with van der Waals surface area (Å²) in [5, 5.41) is 0. The van der Waals surface area contributed by atoms with Crippen molar-refractivity contribution in [3.05, 3.63) is 59.2 Å². The van der Waals surface area contributed by atoms with E-state index < -0.39 is 0 Å². The molecule has 2 heteroatoms. The average molecular weight is 269 g/mol. The van der Waals surface area contributed by atoms with Crippen LogP contribution < -0.4 is 10.5 Å². The van der Waals surface area contributed by atoms with Gasteiger partial charge in [-0.3, -0.25) is 0 Å². The first-order valence-electron chi connectivity index (χ1n) is 7.29. The van der Waals surface area contributed by atoms with Crippen LogP contribution in [0.5, 0.6) is 11.5 Å². The van der Waals surface area contributed by atoms with Gasteiger partial charge in [0.2, 0.25) is 0 Å². The zero-order valence-electron chi connectivity index (χ0n) is 12.4. The summed E-state index contributed by atoms with van der Waals surface area (Å²) >= 11 is 0. The zero-order chi connectivity index (χ0) is 14.4. The Bertz CT molecular complexity index is 546. The Balaban J connectivity index is 2.14. The molecule has 0 aliphatic heterocycles. The highest BCUT2D eigenvalue weighted by atomic mass is 16.5. The first-order chi connectivity index (χ1) is 9.72. The lowest BCUT2D eigenvalue weighted by atomic mass is 10.1. The van der Waals surface area contributed by atoms with Crippen molar-refractivity contribution in [1.29, 1.82) is 0 Å². The van der Waals surface area contributed by atoms with E-state index in [0.29, 0.717) is 6.54 Å². The van der Waals surface area contributed by atoms with E-state index in [0.717, 1.165) is 29.9 Å². The fraction of sp³-hybridized carbons (Fsp3) is 0.333. The second-order valence-electron chi connectivity index (χ2n) is 5.13. The highest BCUT2D eigenvalue weighted by molar-refractivity contribution is 5.40. The molecule has 2 aromatic rings. The molecule has 0 fully saturated rings. The zero-order valence-corrected chi connectivity index (χ0v) is 12.4. The van der Waals surface area contributed by atoms with Crippen LogP contribution in [0.1, 0.15) is 30.0 Å². The highest BCUT2D eigenvalue weighted by Gasteiger charge is 2.03. The number of ether oxygens (including phenoxy) is 1. The first kappa shape index (κ1) is 14.6. The quantitative estimate of drug-likeness (QED) is 0.851. The summed E-state index contributed by atoms with van der Waals surface area (Å²) < 4.78 is 5.99. The van der Waals surface area contributed by atoms with Gasteiger partial charge >= 0.3 is 0 Å². The summed E-state index contributed by atoms with van der Waals surface area (Å²) in [6.07, 6.45) is 3.16. The largest absolute Gasteiger partial charge is 0.457 e. The number of rotatable bonds is 6. The predicted octanol–water partition coefficient (Wildman–Crippen LogP) is 4.24. The first-order valence-corrected chi connectivity index (χ1v) is 7.29. The van der Waals surface area contributed by atoms with Gasteiger partial charge in [-0.15, -0.1) is 0 Å². The normalized spacial score (nSPS) is 10.6. The molecule has 2 rings (SSSR count). The maximum atomic E-state index is 5.99. The van der Waals surface area contributed by atoms with Crippen LogP contribution in [-0.4, -0.2) is 6.54 Å². The number of nitrogens with two attached hydrogens (primary N) is 1. The Labute approximate surface area is 121 Å². The van der Waals surface area contributed by atoms with E-state index in [2.05, 4.69) is 44.2 Å². The average Bonchev–Trinajstić information content (AvgIpc) is 2.45. The molecule has 0 amide bonds. The molecule has 20 heavy (non-hydrogen) atoms. The molecule has 2 nitrogen and oxygen atoms in total. The van der Waals surface area contributed by atoms with Crippen molar-refractivity contribution in [2.24, 2.45) is 5.73 Å². The third-order valence-electron chi connectivity index (χ3n) is 3.38. The molecule has 0 spiro atoms. The van der Waals surface area contributed by atoms with E-state index in [4.69, 9.17) is 10.5 Å². The van der Waals surface area contributed by atoms with E-state index in [-0.39, 0.29) is 0 Å². The Morgan fingerprint density at radius 3 is 2.30 bits per heavy atom. The lowest BCUT2D eigenvalue weighted by Crippen LogP contribution is -2.02. The maximum Gasteiger partial charge on any atom is 0.130 e. The van der Waals surface area contributed by atoms with Crippen molar-refractivity contribution in [1.82, 2.24) is 0 Å². The molecule has 0 saturated heterocycles. The molecular formula is C18H23NO. The molecule has 0 atom stereocenters. The summed E-state index contributed by atoms with van der Waals surface area (Å²) in [7, 11) is 0. The van der Waals surface area contributed by atoms with Gasteiger partial charge < -0.3 is 10.5 Å². The van der Waals surface area contributed by atoms with Crippen molar-refractivity contribution in [2.45, 2.75) is 33.1 Å². The van der Waals surface area contributed by atoms with E-state index >= 15 is 0 Å². The Morgan fingerprint density at radius 1 is 0.950 bits per heavy atom. The SMILES string of the molecule is CCCc1ccc(Oc2cc(CCN)ccc2C)cc1. The smallest absolute Gasteiger partial charge is 0.130 e. The van der Waals surface area contributed by atoms with E-state index in [9.17, 15) is 0 Å². The minimum absolute atomic E-state index is 0.661. The minimum Gasteiger partial charge on any atom is -0.457 e. The topological polar surface area (TPSA) is 35.2 Å². The second kappa shape index (κ2) is 7.11. The molecule has 0 aromatic heterocycles. The van der Waals surface area contributed by atoms with Crippen LogP contribution in [0.2, 0.25) is 0 Å². The molecule has 106 valence electrons. The van der Waals surface area contributed by atoms with E-state index in [1.807, 2.05) is 12.1 Å². The Kier molecular flexibility index (Phi) is 5.19.